The van der Waals surface area contributed by atoms with Gasteiger partial charge >= 0.3 is 19.8 Å². The van der Waals surface area contributed by atoms with Crippen LogP contribution in [0.3, 0.4) is 0 Å². The molecule has 0 aromatic rings. The smallest absolute Gasteiger partial charge is 0.462 e. The van der Waals surface area contributed by atoms with Crippen LogP contribution >= 0.6 is 7.82 Å². The lowest BCUT2D eigenvalue weighted by Crippen LogP contribution is -2.37. The molecule has 90 heavy (non-hydrogen) atoms. The number of carbonyl (C=O) groups is 2. The van der Waals surface area contributed by atoms with Crippen molar-refractivity contribution in [1.29, 1.82) is 0 Å². The maximum atomic E-state index is 12.9. The van der Waals surface area contributed by atoms with E-state index in [0.29, 0.717) is 23.9 Å². The molecule has 0 saturated heterocycles. The fraction of sp³-hybridized carbons (Fsp3) is 0.775. The number of hydrogen-bond donors (Lipinski definition) is 1. The highest BCUT2D eigenvalue weighted by atomic mass is 31.2. The molecule has 9 nitrogen and oxygen atoms in total. The quantitative estimate of drug-likeness (QED) is 0.0211. The van der Waals surface area contributed by atoms with Gasteiger partial charge in [0.15, 0.2) is 6.10 Å². The third kappa shape index (κ3) is 74.0. The third-order valence-electron chi connectivity index (χ3n) is 16.6. The molecule has 0 bridgehead atoms. The van der Waals surface area contributed by atoms with E-state index < -0.39 is 26.5 Å². The van der Waals surface area contributed by atoms with Gasteiger partial charge in [0.2, 0.25) is 0 Å². The highest BCUT2D eigenvalue weighted by Crippen LogP contribution is 2.43. The highest BCUT2D eigenvalue weighted by Gasteiger charge is 2.27. The summed E-state index contributed by atoms with van der Waals surface area (Å²) in [5, 5.41) is 0. The van der Waals surface area contributed by atoms with Crippen molar-refractivity contribution in [3.8, 4) is 0 Å². The van der Waals surface area contributed by atoms with Gasteiger partial charge < -0.3 is 18.9 Å². The standard InChI is InChI=1S/C80H144NO8P/c1-6-8-10-12-14-16-18-20-22-24-26-28-30-32-34-35-36-37-38-39-40-41-42-43-44-45-47-49-51-53-55-57-59-61-63-65-67-69-71-73-80(83)89-78(77-88-90(84,85)87-75-74-81(3,4)5)76-86-79(82)72-70-68-66-64-62-60-58-56-54-52-50-48-46-33-31-29-27-25-23-21-19-17-15-13-11-9-7-2/h8,10,14,16,20,22,26,28,32,34,36-37,39-40,42-43,78H,6-7,9,11-13,15,17-19,21,23-25,27,29-31,33,35,38,41,44-77H2,1-5H3/p+1/b10-8-,16-14-,22-20-,28-26-,34-32-,37-36-,40-39-,43-42-. The van der Waals surface area contributed by atoms with Crippen molar-refractivity contribution in [2.45, 2.75) is 354 Å². The molecule has 522 valence electrons. The summed E-state index contributed by atoms with van der Waals surface area (Å²) in [6.07, 6.45) is 98.2. The summed E-state index contributed by atoms with van der Waals surface area (Å²) in [7, 11) is 1.49. The first-order valence-electron chi connectivity index (χ1n) is 38.0. The Balaban J connectivity index is 4.00. The second-order valence-electron chi connectivity index (χ2n) is 26.7. The Labute approximate surface area is 557 Å². The Hall–Kier alpha value is -3.07. The molecule has 1 N–H and O–H groups in total. The van der Waals surface area contributed by atoms with Crippen LogP contribution in [0.15, 0.2) is 97.2 Å². The molecule has 0 aromatic heterocycles. The van der Waals surface area contributed by atoms with Crippen molar-refractivity contribution in [1.82, 2.24) is 0 Å². The number of esters is 2. The van der Waals surface area contributed by atoms with Crippen LogP contribution in [0.5, 0.6) is 0 Å². The zero-order valence-electron chi connectivity index (χ0n) is 59.6. The van der Waals surface area contributed by atoms with Crippen LogP contribution in [0.1, 0.15) is 348 Å². The number of unbranched alkanes of at least 4 members (excludes halogenated alkanes) is 40. The number of hydrogen-bond acceptors (Lipinski definition) is 7. The molecule has 0 amide bonds. The van der Waals surface area contributed by atoms with E-state index in [1.54, 1.807) is 0 Å². The van der Waals surface area contributed by atoms with Crippen LogP contribution in [0, 0.1) is 0 Å². The molecule has 0 heterocycles. The number of rotatable bonds is 70. The van der Waals surface area contributed by atoms with Gasteiger partial charge in [-0.25, -0.2) is 4.57 Å². The van der Waals surface area contributed by atoms with Crippen molar-refractivity contribution < 1.29 is 42.1 Å². The van der Waals surface area contributed by atoms with Gasteiger partial charge in [0.1, 0.15) is 19.8 Å². The topological polar surface area (TPSA) is 108 Å². The predicted molar refractivity (Wildman–Crippen MR) is 390 cm³/mol. The van der Waals surface area contributed by atoms with Crippen molar-refractivity contribution >= 4 is 19.8 Å². The van der Waals surface area contributed by atoms with Crippen LogP contribution in [-0.2, 0) is 32.7 Å². The van der Waals surface area contributed by atoms with Crippen LogP contribution in [0.2, 0.25) is 0 Å². The first-order chi connectivity index (χ1) is 44.0. The Morgan fingerprint density at radius 2 is 0.633 bits per heavy atom. The van der Waals surface area contributed by atoms with Gasteiger partial charge in [-0.2, -0.15) is 0 Å². The number of phosphoric acid groups is 1. The summed E-state index contributed by atoms with van der Waals surface area (Å²) in [6, 6.07) is 0. The molecule has 0 saturated carbocycles. The average Bonchev–Trinajstić information content (AvgIpc) is 3.58. The minimum absolute atomic E-state index is 0.0309. The number of nitrogens with zero attached hydrogens (tertiary/aromatic N) is 1. The number of phosphoric ester groups is 1. The lowest BCUT2D eigenvalue weighted by molar-refractivity contribution is -0.870. The van der Waals surface area contributed by atoms with Crippen molar-refractivity contribution in [3.05, 3.63) is 97.2 Å². The first-order valence-corrected chi connectivity index (χ1v) is 39.5. The largest absolute Gasteiger partial charge is 0.472 e. The van der Waals surface area contributed by atoms with E-state index in [4.69, 9.17) is 18.5 Å². The van der Waals surface area contributed by atoms with E-state index in [1.807, 2.05) is 21.1 Å². The molecule has 2 atom stereocenters. The van der Waals surface area contributed by atoms with E-state index in [2.05, 4.69) is 111 Å². The summed E-state index contributed by atoms with van der Waals surface area (Å²) in [4.78, 5) is 35.9. The fourth-order valence-electron chi connectivity index (χ4n) is 10.9. The Morgan fingerprint density at radius 1 is 0.356 bits per heavy atom. The van der Waals surface area contributed by atoms with E-state index in [0.717, 1.165) is 89.9 Å². The number of quaternary nitrogens is 1. The first kappa shape index (κ1) is 86.9. The normalized spacial score (nSPS) is 13.6. The maximum absolute atomic E-state index is 12.9. The fourth-order valence-corrected chi connectivity index (χ4v) is 11.6. The van der Waals surface area contributed by atoms with Gasteiger partial charge in [-0.3, -0.25) is 18.6 Å². The van der Waals surface area contributed by atoms with E-state index in [1.165, 1.54) is 225 Å². The molecule has 0 aliphatic heterocycles. The van der Waals surface area contributed by atoms with Crippen LogP contribution in [0.25, 0.3) is 0 Å². The second kappa shape index (κ2) is 70.3. The predicted octanol–water partition coefficient (Wildman–Crippen LogP) is 25.1. The molecule has 0 spiro atoms. The highest BCUT2D eigenvalue weighted by molar-refractivity contribution is 7.47. The van der Waals surface area contributed by atoms with Gasteiger partial charge in [-0.15, -0.1) is 0 Å². The zero-order valence-corrected chi connectivity index (χ0v) is 60.5. The average molecular weight is 1280 g/mol. The van der Waals surface area contributed by atoms with Gasteiger partial charge in [-0.1, -0.05) is 355 Å². The van der Waals surface area contributed by atoms with Gasteiger partial charge in [0.25, 0.3) is 0 Å². The number of likely N-dealkylation sites (N-methyl/N-ethyl adjacent to an activating group) is 1. The van der Waals surface area contributed by atoms with E-state index >= 15 is 0 Å². The SMILES string of the molecule is CC/C=C\C/C=C\C/C=C\C/C=C\C/C=C\C/C=C\C/C=C\C/C=C\CCCCCCCCCCCCCCCCC(=O)OC(COC(=O)CCCCCCCCCCCCCCCCCCCCCCCCCCCCC)COP(=O)(O)OCC[N+](C)(C)C. The van der Waals surface area contributed by atoms with E-state index in [9.17, 15) is 19.0 Å². The molecular formula is C80H145NO8P+. The summed E-state index contributed by atoms with van der Waals surface area (Å²) in [5.74, 6) is -0.784. The molecule has 0 aromatic carbocycles. The van der Waals surface area contributed by atoms with Crippen molar-refractivity contribution in [3.63, 3.8) is 0 Å². The van der Waals surface area contributed by atoms with Gasteiger partial charge in [0, 0.05) is 12.8 Å². The monoisotopic (exact) mass is 1280 g/mol. The van der Waals surface area contributed by atoms with Crippen LogP contribution in [-0.4, -0.2) is 74.9 Å². The van der Waals surface area contributed by atoms with Crippen LogP contribution < -0.4 is 0 Å². The summed E-state index contributed by atoms with van der Waals surface area (Å²) in [6.45, 7) is 4.37. The van der Waals surface area contributed by atoms with Gasteiger partial charge in [-0.05, 0) is 77.0 Å². The second-order valence-corrected chi connectivity index (χ2v) is 28.1. The number of carbonyl (C=O) groups excluding carboxylic acids is 2. The minimum Gasteiger partial charge on any atom is -0.462 e. The molecule has 0 aliphatic carbocycles. The molecule has 0 aliphatic rings. The molecule has 2 unspecified atom stereocenters. The lowest BCUT2D eigenvalue weighted by Gasteiger charge is -2.24. The Morgan fingerprint density at radius 3 is 0.944 bits per heavy atom. The number of allylic oxidation sites excluding steroid dienone is 16. The molecular weight excluding hydrogens is 1130 g/mol. The molecule has 0 radical (unpaired) electrons. The summed E-state index contributed by atoms with van der Waals surface area (Å²) in [5.41, 5.74) is 0. The number of ether oxygens (including phenoxy) is 2. The lowest BCUT2D eigenvalue weighted by atomic mass is 10.0. The summed E-state index contributed by atoms with van der Waals surface area (Å²) >= 11 is 0. The van der Waals surface area contributed by atoms with E-state index in [-0.39, 0.29) is 25.6 Å². The summed E-state index contributed by atoms with van der Waals surface area (Å²) < 4.78 is 34.8. The minimum atomic E-state index is -4.40. The Kier molecular flexibility index (Phi) is 67.9. The molecule has 0 rings (SSSR count). The molecule has 10 heteroatoms. The van der Waals surface area contributed by atoms with Crippen molar-refractivity contribution in [2.24, 2.45) is 0 Å². The van der Waals surface area contributed by atoms with Crippen molar-refractivity contribution in [2.75, 3.05) is 47.5 Å². The van der Waals surface area contributed by atoms with Crippen LogP contribution in [0.4, 0.5) is 0 Å². The Bertz CT molecular complexity index is 1840. The zero-order chi connectivity index (χ0) is 65.5. The van der Waals surface area contributed by atoms with Gasteiger partial charge in [0.05, 0.1) is 27.7 Å². The molecule has 0 fully saturated rings. The maximum Gasteiger partial charge on any atom is 0.472 e. The third-order valence-corrected chi connectivity index (χ3v) is 17.6.